The Hall–Kier alpha value is -0.120. The van der Waals surface area contributed by atoms with Crippen LogP contribution in [0.5, 0.6) is 0 Å². The lowest BCUT2D eigenvalue weighted by Crippen LogP contribution is -2.55. The highest BCUT2D eigenvalue weighted by Crippen LogP contribution is 2.46. The van der Waals surface area contributed by atoms with Gasteiger partial charge in [-0.15, -0.1) is 0 Å². The summed E-state index contributed by atoms with van der Waals surface area (Å²) in [7, 11) is 1.75. The number of rotatable bonds is 5. The van der Waals surface area contributed by atoms with E-state index in [2.05, 4.69) is 20.8 Å². The van der Waals surface area contributed by atoms with Gasteiger partial charge in [0.15, 0.2) is 5.79 Å². The molecule has 0 saturated carbocycles. The minimum atomic E-state index is -0.459. The Morgan fingerprint density at radius 2 is 1.71 bits per heavy atom. The van der Waals surface area contributed by atoms with E-state index in [1.54, 1.807) is 7.11 Å². The molecule has 1 saturated heterocycles. The molecule has 0 aromatic rings. The van der Waals surface area contributed by atoms with Gasteiger partial charge in [0.25, 0.3) is 0 Å². The molecular weight excluding hydrogens is 216 g/mol. The fourth-order valence-corrected chi connectivity index (χ4v) is 2.54. The predicted molar refractivity (Wildman–Crippen MR) is 69.0 cm³/mol. The lowest BCUT2D eigenvalue weighted by Gasteiger charge is -2.51. The molecule has 0 bridgehead atoms. The maximum atomic E-state index is 5.86. The van der Waals surface area contributed by atoms with Crippen LogP contribution in [0.4, 0.5) is 0 Å². The summed E-state index contributed by atoms with van der Waals surface area (Å²) in [6, 6.07) is 0. The average Bonchev–Trinajstić information content (AvgIpc) is 2.21. The second kappa shape index (κ2) is 5.25. The van der Waals surface area contributed by atoms with E-state index in [1.807, 2.05) is 13.8 Å². The second-order valence-corrected chi connectivity index (χ2v) is 6.32. The van der Waals surface area contributed by atoms with Crippen molar-refractivity contribution in [1.82, 2.24) is 0 Å². The van der Waals surface area contributed by atoms with Crippen molar-refractivity contribution in [3.63, 3.8) is 0 Å². The van der Waals surface area contributed by atoms with Crippen molar-refractivity contribution in [2.45, 2.75) is 53.2 Å². The van der Waals surface area contributed by atoms with Crippen molar-refractivity contribution in [3.8, 4) is 0 Å². The number of methoxy groups -OCH3 is 1. The van der Waals surface area contributed by atoms with Gasteiger partial charge in [-0.05, 0) is 25.7 Å². The summed E-state index contributed by atoms with van der Waals surface area (Å²) in [6.07, 6.45) is 2.32. The van der Waals surface area contributed by atoms with Gasteiger partial charge in [-0.25, -0.2) is 0 Å². The van der Waals surface area contributed by atoms with Gasteiger partial charge in [-0.1, -0.05) is 27.2 Å². The van der Waals surface area contributed by atoms with Gasteiger partial charge >= 0.3 is 0 Å². The maximum absolute atomic E-state index is 5.86. The third-order valence-corrected chi connectivity index (χ3v) is 4.12. The van der Waals surface area contributed by atoms with E-state index < -0.39 is 5.79 Å². The highest BCUT2D eigenvalue weighted by atomic mass is 16.7. The molecule has 1 rings (SSSR count). The Morgan fingerprint density at radius 3 is 2.12 bits per heavy atom. The molecule has 0 amide bonds. The summed E-state index contributed by atoms with van der Waals surface area (Å²) in [5.41, 5.74) is 0.127. The first-order chi connectivity index (χ1) is 7.79. The summed E-state index contributed by atoms with van der Waals surface area (Å²) < 4.78 is 17.2. The molecule has 3 heteroatoms. The molecule has 0 aliphatic carbocycles. The molecule has 17 heavy (non-hydrogen) atoms. The van der Waals surface area contributed by atoms with E-state index in [0.29, 0.717) is 19.8 Å². The number of ether oxygens (including phenoxy) is 3. The van der Waals surface area contributed by atoms with Crippen LogP contribution in [-0.4, -0.2) is 32.7 Å². The largest absolute Gasteiger partial charge is 0.384 e. The van der Waals surface area contributed by atoms with E-state index in [0.717, 1.165) is 6.42 Å². The second-order valence-electron chi connectivity index (χ2n) is 6.32. The summed E-state index contributed by atoms with van der Waals surface area (Å²) in [5, 5.41) is 0. The van der Waals surface area contributed by atoms with Gasteiger partial charge in [0.2, 0.25) is 0 Å². The zero-order chi connectivity index (χ0) is 13.2. The van der Waals surface area contributed by atoms with Crippen molar-refractivity contribution in [2.24, 2.45) is 10.8 Å². The molecule has 1 aliphatic heterocycles. The van der Waals surface area contributed by atoms with Crippen molar-refractivity contribution in [2.75, 3.05) is 26.9 Å². The van der Waals surface area contributed by atoms with E-state index in [4.69, 9.17) is 14.2 Å². The van der Waals surface area contributed by atoms with E-state index in [9.17, 15) is 0 Å². The monoisotopic (exact) mass is 244 g/mol. The Morgan fingerprint density at radius 1 is 1.18 bits per heavy atom. The molecule has 0 unspecified atom stereocenters. The lowest BCUT2D eigenvalue weighted by molar-refractivity contribution is -0.310. The highest BCUT2D eigenvalue weighted by Gasteiger charge is 2.49. The van der Waals surface area contributed by atoms with Crippen LogP contribution in [-0.2, 0) is 14.2 Å². The van der Waals surface area contributed by atoms with Gasteiger partial charge in [-0.2, -0.15) is 0 Å². The summed E-state index contributed by atoms with van der Waals surface area (Å²) >= 11 is 0. The van der Waals surface area contributed by atoms with Crippen molar-refractivity contribution in [3.05, 3.63) is 0 Å². The number of hydrogen-bond acceptors (Lipinski definition) is 3. The van der Waals surface area contributed by atoms with Crippen LogP contribution in [0.3, 0.4) is 0 Å². The Balaban J connectivity index is 2.84. The van der Waals surface area contributed by atoms with Gasteiger partial charge in [-0.3, -0.25) is 0 Å². The molecular formula is C14H28O3. The zero-order valence-corrected chi connectivity index (χ0v) is 12.3. The third kappa shape index (κ3) is 3.21. The molecule has 0 aromatic heterocycles. The van der Waals surface area contributed by atoms with Crippen molar-refractivity contribution < 1.29 is 14.2 Å². The molecule has 0 spiro atoms. The van der Waals surface area contributed by atoms with Gasteiger partial charge in [0, 0.05) is 12.5 Å². The molecule has 3 nitrogen and oxygen atoms in total. The molecule has 0 N–H and O–H groups in total. The molecule has 0 radical (unpaired) electrons. The molecule has 1 fully saturated rings. The normalized spacial score (nSPS) is 23.6. The lowest BCUT2D eigenvalue weighted by atomic mass is 9.64. The fourth-order valence-electron chi connectivity index (χ4n) is 2.54. The Labute approximate surface area is 106 Å². The quantitative estimate of drug-likeness (QED) is 0.743. The first kappa shape index (κ1) is 14.9. The standard InChI is InChI=1S/C14H28O3/c1-7-8-12(2,3)14(9-15-6)10-16-13(4,5)17-11-14/h7-11H2,1-6H3. The SMILES string of the molecule is CCCC(C)(C)C1(COC)COC(C)(C)OC1. The minimum Gasteiger partial charge on any atom is -0.384 e. The predicted octanol–water partition coefficient (Wildman–Crippen LogP) is 3.23. The topological polar surface area (TPSA) is 27.7 Å². The van der Waals surface area contributed by atoms with Crippen molar-refractivity contribution in [1.29, 1.82) is 0 Å². The van der Waals surface area contributed by atoms with Crippen LogP contribution in [0.15, 0.2) is 0 Å². The van der Waals surface area contributed by atoms with Gasteiger partial charge in [0.05, 0.1) is 19.8 Å². The smallest absolute Gasteiger partial charge is 0.162 e. The highest BCUT2D eigenvalue weighted by molar-refractivity contribution is 4.95. The average molecular weight is 244 g/mol. The van der Waals surface area contributed by atoms with Crippen LogP contribution in [0.1, 0.15) is 47.5 Å². The van der Waals surface area contributed by atoms with Crippen LogP contribution >= 0.6 is 0 Å². The number of hydrogen-bond donors (Lipinski definition) is 0. The van der Waals surface area contributed by atoms with Crippen molar-refractivity contribution >= 4 is 0 Å². The minimum absolute atomic E-state index is 0.0344. The first-order valence-electron chi connectivity index (χ1n) is 6.55. The van der Waals surface area contributed by atoms with Crippen LogP contribution in [0, 0.1) is 10.8 Å². The fraction of sp³-hybridized carbons (Fsp3) is 1.00. The third-order valence-electron chi connectivity index (χ3n) is 4.12. The zero-order valence-electron chi connectivity index (χ0n) is 12.3. The Kier molecular flexibility index (Phi) is 4.61. The van der Waals surface area contributed by atoms with Gasteiger partial charge in [0.1, 0.15) is 0 Å². The van der Waals surface area contributed by atoms with Crippen LogP contribution < -0.4 is 0 Å². The van der Waals surface area contributed by atoms with Crippen LogP contribution in [0.25, 0.3) is 0 Å². The molecule has 0 aromatic carbocycles. The van der Waals surface area contributed by atoms with E-state index in [1.165, 1.54) is 6.42 Å². The maximum Gasteiger partial charge on any atom is 0.162 e. The molecule has 0 atom stereocenters. The summed E-state index contributed by atoms with van der Waals surface area (Å²) in [6.45, 7) is 12.8. The van der Waals surface area contributed by atoms with Gasteiger partial charge < -0.3 is 14.2 Å². The summed E-state index contributed by atoms with van der Waals surface area (Å²) in [5.74, 6) is -0.459. The van der Waals surface area contributed by atoms with Crippen LogP contribution in [0.2, 0.25) is 0 Å². The molecule has 1 heterocycles. The van der Waals surface area contributed by atoms with E-state index in [-0.39, 0.29) is 10.8 Å². The Bertz CT molecular complexity index is 236. The first-order valence-corrected chi connectivity index (χ1v) is 6.55. The summed E-state index contributed by atoms with van der Waals surface area (Å²) in [4.78, 5) is 0. The van der Waals surface area contributed by atoms with E-state index >= 15 is 0 Å². The molecule has 1 aliphatic rings. The molecule has 102 valence electrons.